The Morgan fingerprint density at radius 3 is 2.66 bits per heavy atom. The topological polar surface area (TPSA) is 89.2 Å². The second-order valence-corrected chi connectivity index (χ2v) is 19.9. The zero-order valence-electron chi connectivity index (χ0n) is 26.3. The number of amides is 1. The third kappa shape index (κ3) is 6.95. The molecule has 0 spiro atoms. The summed E-state index contributed by atoms with van der Waals surface area (Å²) < 4.78 is 41.6. The van der Waals surface area contributed by atoms with Crippen LogP contribution in [0.5, 0.6) is 0 Å². The van der Waals surface area contributed by atoms with Crippen molar-refractivity contribution in [1.82, 2.24) is 9.55 Å². The van der Waals surface area contributed by atoms with E-state index < -0.39 is 38.5 Å². The fourth-order valence-corrected chi connectivity index (χ4v) is 6.66. The average Bonchev–Trinajstić information content (AvgIpc) is 3.53. The van der Waals surface area contributed by atoms with E-state index in [4.69, 9.17) is 9.47 Å². The van der Waals surface area contributed by atoms with Gasteiger partial charge in [0.2, 0.25) is 5.82 Å². The normalized spacial score (nSPS) is 24.0. The van der Waals surface area contributed by atoms with Crippen LogP contribution in [0.2, 0.25) is 25.7 Å². The van der Waals surface area contributed by atoms with Crippen LogP contribution in [0.4, 0.5) is 14.5 Å². The van der Waals surface area contributed by atoms with Gasteiger partial charge in [0.25, 0.3) is 5.91 Å². The van der Waals surface area contributed by atoms with Gasteiger partial charge in [0, 0.05) is 38.5 Å². The van der Waals surface area contributed by atoms with Gasteiger partial charge in [0.05, 0.1) is 0 Å². The van der Waals surface area contributed by atoms with Crippen molar-refractivity contribution in [1.29, 1.82) is 5.26 Å². The number of benzene rings is 1. The number of rotatable bonds is 11. The summed E-state index contributed by atoms with van der Waals surface area (Å²) in [6.07, 6.45) is 11.7. The molecule has 1 amide bonds. The summed E-state index contributed by atoms with van der Waals surface area (Å²) >= 11 is 0. The number of hydrogen-bond donors (Lipinski definition) is 1. The zero-order valence-corrected chi connectivity index (χ0v) is 27.3. The molecule has 0 saturated carbocycles. The molecule has 1 aromatic carbocycles. The molecule has 234 valence electrons. The van der Waals surface area contributed by atoms with Gasteiger partial charge >= 0.3 is 0 Å². The number of aromatic nitrogens is 2. The van der Waals surface area contributed by atoms with Crippen LogP contribution in [-0.2, 0) is 16.2 Å². The van der Waals surface area contributed by atoms with Crippen LogP contribution in [0.15, 0.2) is 48.7 Å². The van der Waals surface area contributed by atoms with Crippen LogP contribution >= 0.6 is 0 Å². The molecular formula is C34H42F2N4O3Si. The number of fused-ring (bicyclic) bond motifs is 2. The molecule has 2 atom stereocenters. The van der Waals surface area contributed by atoms with Crippen molar-refractivity contribution in [3.05, 3.63) is 71.3 Å². The lowest BCUT2D eigenvalue weighted by Gasteiger charge is -2.37. The molecule has 1 aromatic heterocycles. The Morgan fingerprint density at radius 1 is 1.20 bits per heavy atom. The lowest BCUT2D eigenvalue weighted by atomic mass is 9.76. The van der Waals surface area contributed by atoms with Gasteiger partial charge in [0.15, 0.2) is 5.69 Å². The third-order valence-electron chi connectivity index (χ3n) is 8.68. The van der Waals surface area contributed by atoms with Crippen LogP contribution < -0.4 is 5.32 Å². The van der Waals surface area contributed by atoms with Crippen LogP contribution in [0, 0.1) is 16.7 Å². The van der Waals surface area contributed by atoms with E-state index in [0.717, 1.165) is 47.6 Å². The number of nitriles is 1. The molecule has 0 radical (unpaired) electrons. The lowest BCUT2D eigenvalue weighted by Crippen LogP contribution is -2.42. The number of ether oxygens (including phenoxy) is 2. The molecule has 2 aromatic rings. The van der Waals surface area contributed by atoms with Crippen molar-refractivity contribution >= 4 is 30.8 Å². The van der Waals surface area contributed by atoms with Gasteiger partial charge in [0.1, 0.15) is 37.4 Å². The second kappa shape index (κ2) is 12.2. The molecule has 0 saturated heterocycles. The first-order valence-corrected chi connectivity index (χ1v) is 18.9. The van der Waals surface area contributed by atoms with E-state index in [-0.39, 0.29) is 30.1 Å². The highest BCUT2D eigenvalue weighted by molar-refractivity contribution is 6.76. The summed E-state index contributed by atoms with van der Waals surface area (Å²) in [6.45, 7) is 10.4. The number of nitrogens with one attached hydrogen (secondary N) is 1. The minimum absolute atomic E-state index is 0.0906. The molecule has 1 aliphatic carbocycles. The van der Waals surface area contributed by atoms with Gasteiger partial charge in [-0.2, -0.15) is 5.26 Å². The number of carbonyl (C=O) groups excluding carboxylic acids is 1. The predicted molar refractivity (Wildman–Crippen MR) is 171 cm³/mol. The average molecular weight is 621 g/mol. The maximum atomic E-state index is 14.2. The number of nitrogens with zero attached hydrogens (tertiary/aromatic N) is 3. The molecule has 2 unspecified atom stereocenters. The summed E-state index contributed by atoms with van der Waals surface area (Å²) in [6, 6.07) is 8.70. The smallest absolute Gasteiger partial charge is 0.291 e. The number of imidazole rings is 1. The van der Waals surface area contributed by atoms with E-state index in [1.165, 1.54) is 6.20 Å². The van der Waals surface area contributed by atoms with Gasteiger partial charge < -0.3 is 19.4 Å². The van der Waals surface area contributed by atoms with E-state index in [0.29, 0.717) is 12.3 Å². The summed E-state index contributed by atoms with van der Waals surface area (Å²) in [7, 11) is -1.29. The largest absolute Gasteiger partial charge is 0.361 e. The number of carbonyl (C=O) groups is 1. The Morgan fingerprint density at radius 2 is 2.00 bits per heavy atom. The molecule has 3 heterocycles. The molecular weight excluding hydrogens is 578 g/mol. The van der Waals surface area contributed by atoms with Gasteiger partial charge in [-0.3, -0.25) is 4.79 Å². The molecule has 2 aliphatic heterocycles. The van der Waals surface area contributed by atoms with Crippen molar-refractivity contribution in [3.63, 3.8) is 0 Å². The molecule has 10 heteroatoms. The number of alkyl halides is 2. The SMILES string of the molecule is CC1(C)CC=C(c2cc(C3=CC4(CF)C=CC(CF)(C3)O4)ccc2NC(=O)c2nc(C#N)cn2COCC[Si](C)(C)C)CC1. The highest BCUT2D eigenvalue weighted by atomic mass is 28.3. The minimum Gasteiger partial charge on any atom is -0.361 e. The maximum Gasteiger partial charge on any atom is 0.291 e. The lowest BCUT2D eigenvalue weighted by molar-refractivity contribution is -0.0867. The summed E-state index contributed by atoms with van der Waals surface area (Å²) in [5, 5.41) is 12.5. The molecule has 1 N–H and O–H groups in total. The Balaban J connectivity index is 1.46. The standard InChI is InChI=1S/C34H42F2N4O3Si/c1-32(2)10-8-24(9-11-32)28-16-25(26-17-33(21-35)12-13-34(18-26,22-36)43-33)6-7-29(28)39-31(41)30-38-27(19-37)20-40(30)23-42-14-15-44(3,4)5/h6-8,12-13,16-17,20H,9-11,14-15,18,21-23H2,1-5H3,(H,39,41). The van der Waals surface area contributed by atoms with Crippen LogP contribution in [-0.4, -0.2) is 54.7 Å². The quantitative estimate of drug-likeness (QED) is 0.158. The van der Waals surface area contributed by atoms with Gasteiger partial charge in [-0.1, -0.05) is 51.7 Å². The van der Waals surface area contributed by atoms with Crippen LogP contribution in [0.3, 0.4) is 0 Å². The first-order valence-electron chi connectivity index (χ1n) is 15.2. The van der Waals surface area contributed by atoms with Crippen molar-refractivity contribution in [3.8, 4) is 6.07 Å². The second-order valence-electron chi connectivity index (χ2n) is 14.3. The van der Waals surface area contributed by atoms with E-state index in [2.05, 4.69) is 49.9 Å². The predicted octanol–water partition coefficient (Wildman–Crippen LogP) is 7.70. The third-order valence-corrected chi connectivity index (χ3v) is 10.4. The highest BCUT2D eigenvalue weighted by Gasteiger charge is 2.48. The number of anilines is 1. The first kappa shape index (κ1) is 32.0. The Hall–Kier alpha value is -3.39. The zero-order chi connectivity index (χ0) is 31.8. The van der Waals surface area contributed by atoms with Crippen molar-refractivity contribution in [2.45, 2.75) is 83.1 Å². The van der Waals surface area contributed by atoms with Crippen molar-refractivity contribution < 1.29 is 23.0 Å². The number of hydrogen-bond acceptors (Lipinski definition) is 5. The van der Waals surface area contributed by atoms with E-state index >= 15 is 0 Å². The van der Waals surface area contributed by atoms with Crippen LogP contribution in [0.1, 0.15) is 67.0 Å². The van der Waals surface area contributed by atoms with Crippen molar-refractivity contribution in [2.24, 2.45) is 5.41 Å². The minimum atomic E-state index is -1.29. The van der Waals surface area contributed by atoms with Crippen LogP contribution in [0.25, 0.3) is 11.1 Å². The number of allylic oxidation sites excluding steroid dienone is 2. The Kier molecular flexibility index (Phi) is 8.87. The van der Waals surface area contributed by atoms with Gasteiger partial charge in [-0.05, 0) is 71.7 Å². The van der Waals surface area contributed by atoms with Crippen molar-refractivity contribution in [2.75, 3.05) is 25.3 Å². The molecule has 3 aliphatic rings. The summed E-state index contributed by atoms with van der Waals surface area (Å²) in [5.41, 5.74) is 2.05. The van der Waals surface area contributed by atoms with E-state index in [1.807, 2.05) is 24.3 Å². The van der Waals surface area contributed by atoms with E-state index in [1.54, 1.807) is 22.8 Å². The van der Waals surface area contributed by atoms with Gasteiger partial charge in [-0.15, -0.1) is 0 Å². The van der Waals surface area contributed by atoms with E-state index in [9.17, 15) is 18.8 Å². The highest BCUT2D eigenvalue weighted by Crippen LogP contribution is 2.47. The molecule has 7 nitrogen and oxygen atoms in total. The first-order chi connectivity index (χ1) is 20.8. The Bertz CT molecular complexity index is 1560. The summed E-state index contributed by atoms with van der Waals surface area (Å²) in [5.74, 6) is -0.362. The maximum absolute atomic E-state index is 14.2. The fourth-order valence-electron chi connectivity index (χ4n) is 5.90. The summed E-state index contributed by atoms with van der Waals surface area (Å²) in [4.78, 5) is 17.9. The Labute approximate surface area is 259 Å². The van der Waals surface area contributed by atoms with Gasteiger partial charge in [-0.25, -0.2) is 13.8 Å². The molecule has 0 fully saturated rings. The molecule has 5 rings (SSSR count). The monoisotopic (exact) mass is 620 g/mol. The fraction of sp³-hybridized carbons (Fsp3) is 0.500. The molecule has 44 heavy (non-hydrogen) atoms. The molecule has 2 bridgehead atoms. The number of halogens is 2.